The Balaban J connectivity index is 2.01. The Bertz CT molecular complexity index is 368. The number of likely N-dealkylation sites (tertiary alicyclic amines) is 1. The molecule has 1 aliphatic heterocycles. The highest BCUT2D eigenvalue weighted by atomic mass is 16.3. The van der Waals surface area contributed by atoms with Crippen LogP contribution in [0.5, 0.6) is 0 Å². The predicted octanol–water partition coefficient (Wildman–Crippen LogP) is 1.86. The smallest absolute Gasteiger partial charge is 0.125 e. The Labute approximate surface area is 109 Å². The first-order chi connectivity index (χ1) is 8.83. The summed E-state index contributed by atoms with van der Waals surface area (Å²) in [6.07, 6.45) is 6.52. The SMILES string of the molecule is CNc1cc(CN2CCCCC2CCO)ccn1. The zero-order valence-electron chi connectivity index (χ0n) is 11.1. The van der Waals surface area contributed by atoms with Crippen LogP contribution >= 0.6 is 0 Å². The number of pyridine rings is 1. The van der Waals surface area contributed by atoms with Crippen molar-refractivity contribution >= 4 is 5.82 Å². The van der Waals surface area contributed by atoms with Gasteiger partial charge in [0.05, 0.1) is 0 Å². The van der Waals surface area contributed by atoms with E-state index in [1.165, 1.54) is 24.8 Å². The molecule has 4 heteroatoms. The number of nitrogens with zero attached hydrogens (tertiary/aromatic N) is 2. The maximum absolute atomic E-state index is 9.14. The Hall–Kier alpha value is -1.13. The molecule has 100 valence electrons. The van der Waals surface area contributed by atoms with Crippen molar-refractivity contribution in [2.75, 3.05) is 25.5 Å². The van der Waals surface area contributed by atoms with E-state index in [1.807, 2.05) is 13.2 Å². The number of piperidine rings is 1. The monoisotopic (exact) mass is 249 g/mol. The maximum Gasteiger partial charge on any atom is 0.125 e. The van der Waals surface area contributed by atoms with Crippen molar-refractivity contribution in [1.82, 2.24) is 9.88 Å². The number of rotatable bonds is 5. The van der Waals surface area contributed by atoms with E-state index in [2.05, 4.69) is 27.3 Å². The number of aromatic nitrogens is 1. The molecule has 1 saturated heterocycles. The minimum absolute atomic E-state index is 0.291. The Morgan fingerprint density at radius 3 is 3.17 bits per heavy atom. The summed E-state index contributed by atoms with van der Waals surface area (Å²) in [6.45, 7) is 2.39. The molecule has 0 saturated carbocycles. The third kappa shape index (κ3) is 3.43. The van der Waals surface area contributed by atoms with Gasteiger partial charge in [-0.2, -0.15) is 0 Å². The van der Waals surface area contributed by atoms with Crippen LogP contribution in [0.15, 0.2) is 18.3 Å². The van der Waals surface area contributed by atoms with E-state index in [-0.39, 0.29) is 0 Å². The van der Waals surface area contributed by atoms with Crippen molar-refractivity contribution in [3.05, 3.63) is 23.9 Å². The van der Waals surface area contributed by atoms with Crippen molar-refractivity contribution in [2.24, 2.45) is 0 Å². The molecule has 2 N–H and O–H groups in total. The van der Waals surface area contributed by atoms with Crippen molar-refractivity contribution in [3.63, 3.8) is 0 Å². The second kappa shape index (κ2) is 6.71. The van der Waals surface area contributed by atoms with Crippen LogP contribution in [-0.4, -0.2) is 41.2 Å². The largest absolute Gasteiger partial charge is 0.396 e. The fraction of sp³-hybridized carbons (Fsp3) is 0.643. The van der Waals surface area contributed by atoms with Crippen LogP contribution < -0.4 is 5.32 Å². The fourth-order valence-electron chi connectivity index (χ4n) is 2.69. The van der Waals surface area contributed by atoms with Crippen molar-refractivity contribution in [2.45, 2.75) is 38.3 Å². The highest BCUT2D eigenvalue weighted by molar-refractivity contribution is 5.36. The third-order valence-electron chi connectivity index (χ3n) is 3.68. The summed E-state index contributed by atoms with van der Waals surface area (Å²) in [6, 6.07) is 4.71. The minimum atomic E-state index is 0.291. The summed E-state index contributed by atoms with van der Waals surface area (Å²) in [7, 11) is 1.89. The van der Waals surface area contributed by atoms with Crippen molar-refractivity contribution in [1.29, 1.82) is 0 Å². The zero-order chi connectivity index (χ0) is 12.8. The van der Waals surface area contributed by atoms with Gasteiger partial charge in [0.1, 0.15) is 5.82 Å². The average molecular weight is 249 g/mol. The molecule has 2 heterocycles. The lowest BCUT2D eigenvalue weighted by Crippen LogP contribution is -2.39. The van der Waals surface area contributed by atoms with Crippen molar-refractivity contribution < 1.29 is 5.11 Å². The van der Waals surface area contributed by atoms with E-state index in [4.69, 9.17) is 5.11 Å². The van der Waals surface area contributed by atoms with Gasteiger partial charge in [0.2, 0.25) is 0 Å². The minimum Gasteiger partial charge on any atom is -0.396 e. The molecule has 0 aliphatic carbocycles. The van der Waals surface area contributed by atoms with Crippen LogP contribution in [0, 0.1) is 0 Å². The molecule has 1 aromatic rings. The topological polar surface area (TPSA) is 48.4 Å². The Kier molecular flexibility index (Phi) is 4.96. The molecule has 1 fully saturated rings. The summed E-state index contributed by atoms with van der Waals surface area (Å²) in [4.78, 5) is 6.73. The molecule has 1 aliphatic rings. The van der Waals surface area contributed by atoms with Crippen LogP contribution in [0.4, 0.5) is 5.82 Å². The molecule has 0 spiro atoms. The van der Waals surface area contributed by atoms with E-state index in [0.29, 0.717) is 12.6 Å². The fourth-order valence-corrected chi connectivity index (χ4v) is 2.69. The van der Waals surface area contributed by atoms with Gasteiger partial charge in [0.25, 0.3) is 0 Å². The molecule has 0 bridgehead atoms. The molecular formula is C14H23N3O. The molecule has 4 nitrogen and oxygen atoms in total. The lowest BCUT2D eigenvalue weighted by atomic mass is 9.99. The number of aliphatic hydroxyl groups excluding tert-OH is 1. The van der Waals surface area contributed by atoms with Gasteiger partial charge in [-0.25, -0.2) is 4.98 Å². The summed E-state index contributed by atoms with van der Waals surface area (Å²) < 4.78 is 0. The van der Waals surface area contributed by atoms with Gasteiger partial charge < -0.3 is 10.4 Å². The molecule has 0 aromatic carbocycles. The van der Waals surface area contributed by atoms with Gasteiger partial charge in [0, 0.05) is 32.4 Å². The van der Waals surface area contributed by atoms with Gasteiger partial charge in [0.15, 0.2) is 0 Å². The highest BCUT2D eigenvalue weighted by Gasteiger charge is 2.21. The number of aliphatic hydroxyl groups is 1. The highest BCUT2D eigenvalue weighted by Crippen LogP contribution is 2.22. The molecule has 1 unspecified atom stereocenters. The van der Waals surface area contributed by atoms with E-state index >= 15 is 0 Å². The normalized spacial score (nSPS) is 20.9. The van der Waals surface area contributed by atoms with Gasteiger partial charge in [-0.05, 0) is 43.5 Å². The molecule has 1 aromatic heterocycles. The van der Waals surface area contributed by atoms with Crippen LogP contribution in [0.2, 0.25) is 0 Å². The zero-order valence-corrected chi connectivity index (χ0v) is 11.1. The molecule has 1 atom stereocenters. The number of anilines is 1. The second-order valence-corrected chi connectivity index (χ2v) is 4.93. The Morgan fingerprint density at radius 2 is 2.39 bits per heavy atom. The van der Waals surface area contributed by atoms with E-state index in [1.54, 1.807) is 0 Å². The van der Waals surface area contributed by atoms with Crippen LogP contribution in [0.25, 0.3) is 0 Å². The molecule has 0 radical (unpaired) electrons. The quantitative estimate of drug-likeness (QED) is 0.836. The van der Waals surface area contributed by atoms with Gasteiger partial charge in [-0.3, -0.25) is 4.90 Å². The first kappa shape index (κ1) is 13.3. The summed E-state index contributed by atoms with van der Waals surface area (Å²) >= 11 is 0. The molecule has 2 rings (SSSR count). The van der Waals surface area contributed by atoms with Crippen LogP contribution in [0.3, 0.4) is 0 Å². The summed E-state index contributed by atoms with van der Waals surface area (Å²) in [5.41, 5.74) is 1.29. The van der Waals surface area contributed by atoms with Gasteiger partial charge in [-0.1, -0.05) is 6.42 Å². The maximum atomic E-state index is 9.14. The number of nitrogens with one attached hydrogen (secondary N) is 1. The lowest BCUT2D eigenvalue weighted by molar-refractivity contribution is 0.112. The molecule has 0 amide bonds. The van der Waals surface area contributed by atoms with Crippen LogP contribution in [0.1, 0.15) is 31.2 Å². The Morgan fingerprint density at radius 1 is 1.50 bits per heavy atom. The lowest BCUT2D eigenvalue weighted by Gasteiger charge is -2.35. The van der Waals surface area contributed by atoms with Crippen molar-refractivity contribution in [3.8, 4) is 0 Å². The predicted molar refractivity (Wildman–Crippen MR) is 73.5 cm³/mol. The van der Waals surface area contributed by atoms with E-state index in [9.17, 15) is 0 Å². The first-order valence-electron chi connectivity index (χ1n) is 6.81. The second-order valence-electron chi connectivity index (χ2n) is 4.93. The van der Waals surface area contributed by atoms with Crippen LogP contribution in [-0.2, 0) is 6.54 Å². The molecular weight excluding hydrogens is 226 g/mol. The number of hydrogen-bond acceptors (Lipinski definition) is 4. The first-order valence-corrected chi connectivity index (χ1v) is 6.81. The van der Waals surface area contributed by atoms with E-state index < -0.39 is 0 Å². The van der Waals surface area contributed by atoms with Gasteiger partial charge >= 0.3 is 0 Å². The summed E-state index contributed by atoms with van der Waals surface area (Å²) in [5.74, 6) is 0.920. The average Bonchev–Trinajstić information content (AvgIpc) is 2.41. The van der Waals surface area contributed by atoms with Gasteiger partial charge in [-0.15, -0.1) is 0 Å². The standard InChI is InChI=1S/C14H23N3O/c1-15-14-10-12(5-7-16-14)11-17-8-3-2-4-13(17)6-9-18/h5,7,10,13,18H,2-4,6,8-9,11H2,1H3,(H,15,16). The summed E-state index contributed by atoms with van der Waals surface area (Å²) in [5, 5.41) is 12.2. The number of hydrogen-bond donors (Lipinski definition) is 2. The van der Waals surface area contributed by atoms with E-state index in [0.717, 1.165) is 25.3 Å². The third-order valence-corrected chi connectivity index (χ3v) is 3.68. The molecule has 18 heavy (non-hydrogen) atoms.